The first kappa shape index (κ1) is 26.2. The average molecular weight is 515 g/mol. The number of nitrogens with zero attached hydrogens (tertiary/aromatic N) is 2. The number of aryl methyl sites for hydroxylation is 1. The van der Waals surface area contributed by atoms with Crippen molar-refractivity contribution in [3.63, 3.8) is 0 Å². The van der Waals surface area contributed by atoms with Gasteiger partial charge in [0, 0.05) is 22.7 Å². The van der Waals surface area contributed by atoms with Gasteiger partial charge in [-0.05, 0) is 49.7 Å². The van der Waals surface area contributed by atoms with Crippen molar-refractivity contribution in [1.82, 2.24) is 9.88 Å². The average Bonchev–Trinajstić information content (AvgIpc) is 3.04. The van der Waals surface area contributed by atoms with Crippen LogP contribution in [0.5, 0.6) is 0 Å². The zero-order valence-electron chi connectivity index (χ0n) is 18.4. The molecule has 35 heavy (non-hydrogen) atoms. The summed E-state index contributed by atoms with van der Waals surface area (Å²) in [6.45, 7) is 2.97. The molecule has 0 fully saturated rings. The molecule has 0 saturated heterocycles. The van der Waals surface area contributed by atoms with E-state index >= 15 is 0 Å². The Morgan fingerprint density at radius 3 is 2.17 bits per heavy atom. The van der Waals surface area contributed by atoms with Crippen LogP contribution in [0.3, 0.4) is 0 Å². The number of thiazole rings is 1. The number of nitrogens with one attached hydrogen (secondary N) is 1. The van der Waals surface area contributed by atoms with E-state index in [2.05, 4.69) is 10.3 Å². The summed E-state index contributed by atoms with van der Waals surface area (Å²) in [5, 5.41) is 2.52. The summed E-state index contributed by atoms with van der Waals surface area (Å²) in [5.74, 6) is -1.45. The molecule has 0 atom stereocenters. The molecule has 0 unspecified atom stereocenters. The normalized spacial score (nSPS) is 12.6. The lowest BCUT2D eigenvalue weighted by molar-refractivity contribution is -0.138. The van der Waals surface area contributed by atoms with Crippen LogP contribution in [0.2, 0.25) is 0 Å². The van der Waals surface area contributed by atoms with Gasteiger partial charge in [0.15, 0.2) is 4.80 Å². The first-order valence-corrected chi connectivity index (χ1v) is 10.9. The summed E-state index contributed by atoms with van der Waals surface area (Å²) in [6.07, 6.45) is -9.13. The van der Waals surface area contributed by atoms with E-state index in [-0.39, 0.29) is 29.0 Å². The Morgan fingerprint density at radius 2 is 1.54 bits per heavy atom. The third-order valence-electron chi connectivity index (χ3n) is 5.07. The highest BCUT2D eigenvalue weighted by Gasteiger charge is 2.31. The van der Waals surface area contributed by atoms with Crippen molar-refractivity contribution in [2.24, 2.45) is 4.99 Å². The quantitative estimate of drug-likeness (QED) is 0.471. The van der Waals surface area contributed by atoms with E-state index in [0.717, 1.165) is 40.5 Å². The topological polar surface area (TPSA) is 63.5 Å². The first-order chi connectivity index (χ1) is 16.3. The molecule has 0 aliphatic carbocycles. The van der Waals surface area contributed by atoms with E-state index in [4.69, 9.17) is 0 Å². The number of benzene rings is 2. The van der Waals surface area contributed by atoms with Crippen LogP contribution in [-0.4, -0.2) is 16.4 Å². The largest absolute Gasteiger partial charge is 0.416 e. The maximum Gasteiger partial charge on any atom is 0.416 e. The van der Waals surface area contributed by atoms with Gasteiger partial charge in [0.25, 0.3) is 5.91 Å². The van der Waals surface area contributed by atoms with Gasteiger partial charge < -0.3 is 9.88 Å². The van der Waals surface area contributed by atoms with Crippen LogP contribution in [0.15, 0.2) is 53.5 Å². The van der Waals surface area contributed by atoms with Gasteiger partial charge in [-0.3, -0.25) is 9.59 Å². The number of halogens is 6. The standard InChI is InChI=1S/C23H19F6N3O2S/c1-13-14(2)35-21(31-20(34)16-6-4-8-18(10-16)23(27,28)29)32(13)12-19(33)30-11-15-5-3-7-17(9-15)22(24,25)26/h3-10H,11-12H2,1-2H3,(H,30,33). The maximum atomic E-state index is 13.0. The van der Waals surface area contributed by atoms with Crippen LogP contribution < -0.4 is 10.1 Å². The van der Waals surface area contributed by atoms with Crippen molar-refractivity contribution in [3.05, 3.63) is 86.2 Å². The number of hydrogen-bond acceptors (Lipinski definition) is 3. The summed E-state index contributed by atoms with van der Waals surface area (Å²) >= 11 is 1.08. The van der Waals surface area contributed by atoms with Crippen LogP contribution in [0, 0.1) is 13.8 Å². The van der Waals surface area contributed by atoms with Crippen molar-refractivity contribution in [2.75, 3.05) is 0 Å². The van der Waals surface area contributed by atoms with Crippen molar-refractivity contribution >= 4 is 23.2 Å². The summed E-state index contributed by atoms with van der Waals surface area (Å²) in [6, 6.07) is 8.39. The van der Waals surface area contributed by atoms with Crippen LogP contribution >= 0.6 is 11.3 Å². The molecule has 0 saturated carbocycles. The Hall–Kier alpha value is -3.41. The minimum absolute atomic E-state index is 0.108. The van der Waals surface area contributed by atoms with E-state index in [0.29, 0.717) is 11.8 Å². The second-order valence-electron chi connectivity index (χ2n) is 7.58. The van der Waals surface area contributed by atoms with Gasteiger partial charge in [0.05, 0.1) is 11.1 Å². The van der Waals surface area contributed by atoms with E-state index in [1.54, 1.807) is 13.8 Å². The SMILES string of the molecule is Cc1sc(=NC(=O)c2cccc(C(F)(F)F)c2)n(CC(=O)NCc2cccc(C(F)(F)F)c2)c1C. The lowest BCUT2D eigenvalue weighted by Gasteiger charge is -2.11. The third kappa shape index (κ3) is 6.59. The van der Waals surface area contributed by atoms with Crippen molar-refractivity contribution in [3.8, 4) is 0 Å². The molecular formula is C23H19F6N3O2S. The number of hydrogen-bond donors (Lipinski definition) is 1. The first-order valence-electron chi connectivity index (χ1n) is 10.1. The number of carbonyl (C=O) groups is 2. The number of amides is 2. The van der Waals surface area contributed by atoms with Gasteiger partial charge in [-0.1, -0.05) is 18.2 Å². The summed E-state index contributed by atoms with van der Waals surface area (Å²) in [7, 11) is 0. The Bertz CT molecular complexity index is 1320. The molecular weight excluding hydrogens is 496 g/mol. The van der Waals surface area contributed by atoms with Crippen LogP contribution in [0.4, 0.5) is 26.3 Å². The summed E-state index contributed by atoms with van der Waals surface area (Å²) in [5.41, 5.74) is -1.22. The van der Waals surface area contributed by atoms with Gasteiger partial charge >= 0.3 is 12.4 Å². The number of carbonyl (C=O) groups excluding carboxylic acids is 2. The number of rotatable bonds is 5. The second kappa shape index (κ2) is 10.1. The molecule has 186 valence electrons. The van der Waals surface area contributed by atoms with Gasteiger partial charge in [0.1, 0.15) is 6.54 Å². The molecule has 3 rings (SSSR count). The maximum absolute atomic E-state index is 13.0. The highest BCUT2D eigenvalue weighted by Crippen LogP contribution is 2.30. The molecule has 2 aromatic carbocycles. The molecule has 12 heteroatoms. The van der Waals surface area contributed by atoms with Crippen LogP contribution in [0.25, 0.3) is 0 Å². The lowest BCUT2D eigenvalue weighted by atomic mass is 10.1. The fraction of sp³-hybridized carbons (Fsp3) is 0.261. The van der Waals surface area contributed by atoms with Crippen LogP contribution in [0.1, 0.15) is 37.6 Å². The minimum Gasteiger partial charge on any atom is -0.350 e. The van der Waals surface area contributed by atoms with Gasteiger partial charge in [-0.25, -0.2) is 0 Å². The number of aromatic nitrogens is 1. The van der Waals surface area contributed by atoms with Crippen molar-refractivity contribution < 1.29 is 35.9 Å². The predicted octanol–water partition coefficient (Wildman–Crippen LogP) is 5.26. The molecule has 2 amide bonds. The molecule has 5 nitrogen and oxygen atoms in total. The minimum atomic E-state index is -4.62. The highest BCUT2D eigenvalue weighted by atomic mass is 32.1. The third-order valence-corrected chi connectivity index (χ3v) is 6.17. The monoisotopic (exact) mass is 515 g/mol. The predicted molar refractivity (Wildman–Crippen MR) is 116 cm³/mol. The van der Waals surface area contributed by atoms with Gasteiger partial charge in [0.2, 0.25) is 5.91 Å². The Balaban J connectivity index is 1.79. The van der Waals surface area contributed by atoms with Crippen LogP contribution in [-0.2, 0) is 30.2 Å². The molecule has 0 aliphatic heterocycles. The van der Waals surface area contributed by atoms with Gasteiger partial charge in [-0.15, -0.1) is 11.3 Å². The van der Waals surface area contributed by atoms with E-state index < -0.39 is 35.3 Å². The number of alkyl halides is 6. The molecule has 0 bridgehead atoms. The molecule has 0 spiro atoms. The fourth-order valence-corrected chi connectivity index (χ4v) is 4.08. The Labute approximate surface area is 199 Å². The molecule has 1 heterocycles. The van der Waals surface area contributed by atoms with E-state index in [1.807, 2.05) is 0 Å². The van der Waals surface area contributed by atoms with Crippen molar-refractivity contribution in [2.45, 2.75) is 39.3 Å². The molecule has 0 radical (unpaired) electrons. The highest BCUT2D eigenvalue weighted by molar-refractivity contribution is 7.09. The van der Waals surface area contributed by atoms with Gasteiger partial charge in [-0.2, -0.15) is 31.3 Å². The van der Waals surface area contributed by atoms with E-state index in [9.17, 15) is 35.9 Å². The lowest BCUT2D eigenvalue weighted by Crippen LogP contribution is -2.31. The molecule has 0 aliphatic rings. The van der Waals surface area contributed by atoms with Crippen molar-refractivity contribution in [1.29, 1.82) is 0 Å². The molecule has 1 N–H and O–H groups in total. The zero-order valence-corrected chi connectivity index (χ0v) is 19.2. The fourth-order valence-electron chi connectivity index (χ4n) is 3.11. The molecule has 1 aromatic heterocycles. The summed E-state index contributed by atoms with van der Waals surface area (Å²) in [4.78, 5) is 29.8. The smallest absolute Gasteiger partial charge is 0.350 e. The second-order valence-corrected chi connectivity index (χ2v) is 8.76. The molecule has 3 aromatic rings. The zero-order chi connectivity index (χ0) is 26.0. The Kier molecular flexibility index (Phi) is 7.53. The Morgan fingerprint density at radius 1 is 0.943 bits per heavy atom. The summed E-state index contributed by atoms with van der Waals surface area (Å²) < 4.78 is 78.9. The van der Waals surface area contributed by atoms with E-state index in [1.165, 1.54) is 22.8 Å².